The normalized spacial score (nSPS) is 9.82. The SMILES string of the molecule is Cc1ccc(C#N)cc1NCC(=O)OC(C)C. The highest BCUT2D eigenvalue weighted by Gasteiger charge is 2.06. The third-order valence-electron chi connectivity index (χ3n) is 2.16. The highest BCUT2D eigenvalue weighted by Crippen LogP contribution is 2.16. The van der Waals surface area contributed by atoms with Crippen molar-refractivity contribution < 1.29 is 9.53 Å². The van der Waals surface area contributed by atoms with Crippen LogP contribution in [-0.2, 0) is 9.53 Å². The summed E-state index contributed by atoms with van der Waals surface area (Å²) in [6.07, 6.45) is -0.115. The Morgan fingerprint density at radius 3 is 2.82 bits per heavy atom. The molecule has 0 heterocycles. The van der Waals surface area contributed by atoms with Gasteiger partial charge in [-0.25, -0.2) is 0 Å². The van der Waals surface area contributed by atoms with Crippen LogP contribution in [0, 0.1) is 18.3 Å². The first-order valence-electron chi connectivity index (χ1n) is 5.47. The molecule has 0 radical (unpaired) electrons. The molecule has 0 aliphatic rings. The number of hydrogen-bond donors (Lipinski definition) is 1. The zero-order chi connectivity index (χ0) is 12.8. The van der Waals surface area contributed by atoms with Crippen molar-refractivity contribution in [2.45, 2.75) is 26.9 Å². The summed E-state index contributed by atoms with van der Waals surface area (Å²) in [5, 5.41) is 11.7. The minimum atomic E-state index is -0.304. The molecule has 1 aromatic rings. The molecule has 0 spiro atoms. The van der Waals surface area contributed by atoms with E-state index in [2.05, 4.69) is 11.4 Å². The van der Waals surface area contributed by atoms with E-state index in [-0.39, 0.29) is 18.6 Å². The number of nitriles is 1. The van der Waals surface area contributed by atoms with Gasteiger partial charge in [0.25, 0.3) is 0 Å². The van der Waals surface area contributed by atoms with Crippen molar-refractivity contribution in [1.29, 1.82) is 5.26 Å². The first kappa shape index (κ1) is 13.0. The van der Waals surface area contributed by atoms with Crippen LogP contribution in [0.3, 0.4) is 0 Å². The van der Waals surface area contributed by atoms with Crippen molar-refractivity contribution in [2.24, 2.45) is 0 Å². The number of anilines is 1. The van der Waals surface area contributed by atoms with E-state index in [1.807, 2.05) is 13.0 Å². The summed E-state index contributed by atoms with van der Waals surface area (Å²) in [5.74, 6) is -0.304. The lowest BCUT2D eigenvalue weighted by Gasteiger charge is -2.11. The molecule has 1 aromatic carbocycles. The number of ether oxygens (including phenoxy) is 1. The molecule has 1 rings (SSSR count). The predicted molar refractivity (Wildman–Crippen MR) is 65.6 cm³/mol. The van der Waals surface area contributed by atoms with Crippen molar-refractivity contribution in [3.8, 4) is 6.07 Å². The van der Waals surface area contributed by atoms with Gasteiger partial charge < -0.3 is 10.1 Å². The van der Waals surface area contributed by atoms with Crippen molar-refractivity contribution in [3.63, 3.8) is 0 Å². The van der Waals surface area contributed by atoms with Crippen LogP contribution in [0.15, 0.2) is 18.2 Å². The summed E-state index contributed by atoms with van der Waals surface area (Å²) >= 11 is 0. The lowest BCUT2D eigenvalue weighted by Crippen LogP contribution is -2.20. The van der Waals surface area contributed by atoms with Crippen LogP contribution < -0.4 is 5.32 Å². The molecule has 0 amide bonds. The standard InChI is InChI=1S/C13H16N2O2/c1-9(2)17-13(16)8-15-12-6-11(7-14)5-4-10(12)3/h4-6,9,15H,8H2,1-3H3. The molecular weight excluding hydrogens is 216 g/mol. The highest BCUT2D eigenvalue weighted by atomic mass is 16.5. The summed E-state index contributed by atoms with van der Waals surface area (Å²) in [6, 6.07) is 7.36. The van der Waals surface area contributed by atoms with Crippen LogP contribution >= 0.6 is 0 Å². The smallest absolute Gasteiger partial charge is 0.325 e. The summed E-state index contributed by atoms with van der Waals surface area (Å²) in [6.45, 7) is 5.63. The van der Waals surface area contributed by atoms with Gasteiger partial charge >= 0.3 is 5.97 Å². The van der Waals surface area contributed by atoms with Gasteiger partial charge in [0.1, 0.15) is 6.54 Å². The number of nitrogens with one attached hydrogen (secondary N) is 1. The van der Waals surface area contributed by atoms with Crippen LogP contribution in [0.2, 0.25) is 0 Å². The molecule has 0 bridgehead atoms. The van der Waals surface area contributed by atoms with E-state index in [1.165, 1.54) is 0 Å². The number of benzene rings is 1. The van der Waals surface area contributed by atoms with Crippen LogP contribution in [-0.4, -0.2) is 18.6 Å². The third kappa shape index (κ3) is 4.15. The zero-order valence-corrected chi connectivity index (χ0v) is 10.3. The fourth-order valence-corrected chi connectivity index (χ4v) is 1.35. The van der Waals surface area contributed by atoms with Gasteiger partial charge in [-0.15, -0.1) is 0 Å². The average molecular weight is 232 g/mol. The first-order valence-corrected chi connectivity index (χ1v) is 5.47. The van der Waals surface area contributed by atoms with E-state index in [1.54, 1.807) is 26.0 Å². The van der Waals surface area contributed by atoms with Crippen molar-refractivity contribution >= 4 is 11.7 Å². The maximum atomic E-state index is 11.3. The quantitative estimate of drug-likeness (QED) is 0.808. The van der Waals surface area contributed by atoms with Crippen LogP contribution in [0.4, 0.5) is 5.69 Å². The van der Waals surface area contributed by atoms with Crippen molar-refractivity contribution in [1.82, 2.24) is 0 Å². The maximum absolute atomic E-state index is 11.3. The van der Waals surface area contributed by atoms with Gasteiger partial charge in [0, 0.05) is 5.69 Å². The van der Waals surface area contributed by atoms with Gasteiger partial charge in [0.05, 0.1) is 17.7 Å². The van der Waals surface area contributed by atoms with Gasteiger partial charge in [-0.2, -0.15) is 5.26 Å². The highest BCUT2D eigenvalue weighted by molar-refractivity contribution is 5.75. The second-order valence-corrected chi connectivity index (χ2v) is 4.03. The van der Waals surface area contributed by atoms with Gasteiger partial charge in [-0.1, -0.05) is 6.07 Å². The van der Waals surface area contributed by atoms with E-state index >= 15 is 0 Å². The molecule has 4 heteroatoms. The van der Waals surface area contributed by atoms with Crippen LogP contribution in [0.5, 0.6) is 0 Å². The molecule has 0 atom stereocenters. The molecule has 1 N–H and O–H groups in total. The fourth-order valence-electron chi connectivity index (χ4n) is 1.35. The van der Waals surface area contributed by atoms with Crippen molar-refractivity contribution in [3.05, 3.63) is 29.3 Å². The molecule has 90 valence electrons. The molecule has 4 nitrogen and oxygen atoms in total. The number of nitrogens with zero attached hydrogens (tertiary/aromatic N) is 1. The monoisotopic (exact) mass is 232 g/mol. The van der Waals surface area contributed by atoms with E-state index in [0.717, 1.165) is 11.3 Å². The van der Waals surface area contributed by atoms with E-state index in [9.17, 15) is 4.79 Å². The van der Waals surface area contributed by atoms with Gasteiger partial charge in [-0.3, -0.25) is 4.79 Å². The number of rotatable bonds is 4. The molecule has 0 saturated heterocycles. The molecule has 0 aliphatic heterocycles. The Morgan fingerprint density at radius 2 is 2.24 bits per heavy atom. The van der Waals surface area contributed by atoms with Gasteiger partial charge in [0.15, 0.2) is 0 Å². The predicted octanol–water partition coefficient (Wildman–Crippen LogP) is 2.23. The molecule has 0 aliphatic carbocycles. The minimum Gasteiger partial charge on any atom is -0.462 e. The number of carbonyl (C=O) groups excluding carboxylic acids is 1. The van der Waals surface area contributed by atoms with E-state index < -0.39 is 0 Å². The molecular formula is C13H16N2O2. The van der Waals surface area contributed by atoms with Crippen LogP contribution in [0.1, 0.15) is 25.0 Å². The van der Waals surface area contributed by atoms with Crippen LogP contribution in [0.25, 0.3) is 0 Å². The fraction of sp³-hybridized carbons (Fsp3) is 0.385. The molecule has 0 saturated carbocycles. The molecule has 0 unspecified atom stereocenters. The Balaban J connectivity index is 2.63. The molecule has 17 heavy (non-hydrogen) atoms. The minimum absolute atomic E-state index is 0.105. The first-order chi connectivity index (χ1) is 8.02. The molecule has 0 fully saturated rings. The summed E-state index contributed by atoms with van der Waals surface area (Å²) < 4.78 is 5.00. The zero-order valence-electron chi connectivity index (χ0n) is 10.3. The Kier molecular flexibility index (Phi) is 4.53. The Bertz CT molecular complexity index is 447. The largest absolute Gasteiger partial charge is 0.462 e. The summed E-state index contributed by atoms with van der Waals surface area (Å²) in [5.41, 5.74) is 2.33. The number of aryl methyl sites for hydroxylation is 1. The number of hydrogen-bond acceptors (Lipinski definition) is 4. The van der Waals surface area contributed by atoms with Gasteiger partial charge in [0.2, 0.25) is 0 Å². The number of carbonyl (C=O) groups is 1. The second-order valence-electron chi connectivity index (χ2n) is 4.03. The average Bonchev–Trinajstić information content (AvgIpc) is 2.27. The molecule has 0 aromatic heterocycles. The van der Waals surface area contributed by atoms with E-state index in [0.29, 0.717) is 5.56 Å². The Labute approximate surface area is 101 Å². The summed E-state index contributed by atoms with van der Waals surface area (Å²) in [7, 11) is 0. The Hall–Kier alpha value is -2.02. The third-order valence-corrected chi connectivity index (χ3v) is 2.16. The maximum Gasteiger partial charge on any atom is 0.325 e. The number of esters is 1. The van der Waals surface area contributed by atoms with Crippen molar-refractivity contribution in [2.75, 3.05) is 11.9 Å². The lowest BCUT2D eigenvalue weighted by atomic mass is 10.1. The topological polar surface area (TPSA) is 62.1 Å². The second kappa shape index (κ2) is 5.90. The Morgan fingerprint density at radius 1 is 1.53 bits per heavy atom. The lowest BCUT2D eigenvalue weighted by molar-refractivity contribution is -0.145. The van der Waals surface area contributed by atoms with Gasteiger partial charge in [-0.05, 0) is 38.5 Å². The van der Waals surface area contributed by atoms with E-state index in [4.69, 9.17) is 10.00 Å². The summed E-state index contributed by atoms with van der Waals surface area (Å²) in [4.78, 5) is 11.3.